The lowest BCUT2D eigenvalue weighted by atomic mass is 9.86. The number of amides is 2. The molecule has 7 nitrogen and oxygen atoms in total. The predicted octanol–water partition coefficient (Wildman–Crippen LogP) is 2.95. The zero-order chi connectivity index (χ0) is 20.5. The van der Waals surface area contributed by atoms with Gasteiger partial charge in [0, 0.05) is 11.9 Å². The first-order valence-electron chi connectivity index (χ1n) is 9.96. The van der Waals surface area contributed by atoms with Crippen molar-refractivity contribution in [3.05, 3.63) is 23.9 Å². The molecule has 0 bridgehead atoms. The number of nitrogens with zero attached hydrogens (tertiary/aromatic N) is 2. The number of aromatic nitrogens is 2. The Morgan fingerprint density at radius 1 is 1.29 bits per heavy atom. The van der Waals surface area contributed by atoms with E-state index < -0.39 is 23.3 Å². The minimum absolute atomic E-state index is 0.0704. The molecule has 1 saturated carbocycles. The summed E-state index contributed by atoms with van der Waals surface area (Å²) in [7, 11) is 0. The number of fused-ring (bicyclic) bond motifs is 1. The molecule has 7 heteroatoms. The van der Waals surface area contributed by atoms with Crippen molar-refractivity contribution >= 4 is 22.7 Å². The number of nitrogens with two attached hydrogens (primary N) is 1. The quantitative estimate of drug-likeness (QED) is 0.734. The Kier molecular flexibility index (Phi) is 5.63. The SMILES string of the molecule is CC(C)(C)[C@H](NC(=O)c1nn(CC2CCCCC2)c2ccc(O)cc12)C(N)=O. The van der Waals surface area contributed by atoms with Crippen LogP contribution in [0.15, 0.2) is 18.2 Å². The number of benzene rings is 1. The van der Waals surface area contributed by atoms with E-state index in [1.165, 1.54) is 19.3 Å². The third-order valence-electron chi connectivity index (χ3n) is 5.53. The molecule has 1 aliphatic rings. The van der Waals surface area contributed by atoms with Crippen LogP contribution in [0.5, 0.6) is 5.75 Å². The molecule has 1 aromatic carbocycles. The van der Waals surface area contributed by atoms with Crippen molar-refractivity contribution in [3.63, 3.8) is 0 Å². The summed E-state index contributed by atoms with van der Waals surface area (Å²) in [5.41, 5.74) is 5.98. The summed E-state index contributed by atoms with van der Waals surface area (Å²) in [5.74, 6) is -0.443. The number of carbonyl (C=O) groups is 2. The Balaban J connectivity index is 1.94. The maximum atomic E-state index is 13.0. The molecule has 1 atom stereocenters. The molecule has 2 aromatic rings. The Morgan fingerprint density at radius 3 is 2.57 bits per heavy atom. The van der Waals surface area contributed by atoms with Crippen molar-refractivity contribution in [3.8, 4) is 5.75 Å². The molecule has 1 aliphatic carbocycles. The van der Waals surface area contributed by atoms with E-state index in [0.717, 1.165) is 24.9 Å². The van der Waals surface area contributed by atoms with Crippen molar-refractivity contribution in [1.82, 2.24) is 15.1 Å². The average molecular weight is 386 g/mol. The van der Waals surface area contributed by atoms with Gasteiger partial charge in [0.2, 0.25) is 5.91 Å². The highest BCUT2D eigenvalue weighted by atomic mass is 16.3. The fourth-order valence-electron chi connectivity index (χ4n) is 4.00. The fraction of sp³-hybridized carbons (Fsp3) is 0.571. The average Bonchev–Trinajstić information content (AvgIpc) is 2.96. The van der Waals surface area contributed by atoms with Crippen LogP contribution in [-0.2, 0) is 11.3 Å². The van der Waals surface area contributed by atoms with Crippen molar-refractivity contribution in [2.24, 2.45) is 17.1 Å². The van der Waals surface area contributed by atoms with Crippen LogP contribution in [0, 0.1) is 11.3 Å². The van der Waals surface area contributed by atoms with Gasteiger partial charge in [-0.05, 0) is 42.4 Å². The molecule has 0 saturated heterocycles. The van der Waals surface area contributed by atoms with E-state index in [0.29, 0.717) is 11.3 Å². The second-order valence-corrected chi connectivity index (χ2v) is 8.91. The van der Waals surface area contributed by atoms with E-state index in [4.69, 9.17) is 5.73 Å². The molecule has 0 spiro atoms. The van der Waals surface area contributed by atoms with E-state index >= 15 is 0 Å². The van der Waals surface area contributed by atoms with Crippen LogP contribution >= 0.6 is 0 Å². The normalized spacial score (nSPS) is 16.8. The number of phenols is 1. The largest absolute Gasteiger partial charge is 0.508 e. The molecule has 152 valence electrons. The highest BCUT2D eigenvalue weighted by molar-refractivity contribution is 6.06. The van der Waals surface area contributed by atoms with Crippen LogP contribution < -0.4 is 11.1 Å². The molecule has 2 amide bonds. The number of phenolic OH excluding ortho intramolecular Hbond substituents is 1. The lowest BCUT2D eigenvalue weighted by Gasteiger charge is -2.28. The van der Waals surface area contributed by atoms with Crippen molar-refractivity contribution in [1.29, 1.82) is 0 Å². The molecule has 0 aliphatic heterocycles. The van der Waals surface area contributed by atoms with Crippen LogP contribution in [0.25, 0.3) is 10.9 Å². The van der Waals surface area contributed by atoms with Gasteiger partial charge in [0.25, 0.3) is 5.91 Å². The van der Waals surface area contributed by atoms with Gasteiger partial charge in [0.1, 0.15) is 11.8 Å². The van der Waals surface area contributed by atoms with Crippen LogP contribution in [0.1, 0.15) is 63.4 Å². The van der Waals surface area contributed by atoms with Gasteiger partial charge in [0.15, 0.2) is 5.69 Å². The second-order valence-electron chi connectivity index (χ2n) is 8.91. The Morgan fingerprint density at radius 2 is 1.96 bits per heavy atom. The summed E-state index contributed by atoms with van der Waals surface area (Å²) in [5, 5.41) is 17.8. The summed E-state index contributed by atoms with van der Waals surface area (Å²) in [6, 6.07) is 4.11. The molecule has 0 unspecified atom stereocenters. The van der Waals surface area contributed by atoms with E-state index in [2.05, 4.69) is 10.4 Å². The Bertz CT molecular complexity index is 876. The third-order valence-corrected chi connectivity index (χ3v) is 5.53. The minimum Gasteiger partial charge on any atom is -0.508 e. The number of rotatable bonds is 5. The second kappa shape index (κ2) is 7.81. The van der Waals surface area contributed by atoms with Crippen LogP contribution in [0.3, 0.4) is 0 Å². The van der Waals surface area contributed by atoms with Gasteiger partial charge in [-0.3, -0.25) is 14.3 Å². The number of hydrogen-bond donors (Lipinski definition) is 3. The molecule has 0 radical (unpaired) electrons. The summed E-state index contributed by atoms with van der Waals surface area (Å²) in [6.45, 7) is 6.27. The van der Waals surface area contributed by atoms with Crippen molar-refractivity contribution < 1.29 is 14.7 Å². The van der Waals surface area contributed by atoms with Crippen molar-refractivity contribution in [2.45, 2.75) is 65.5 Å². The standard InChI is InChI=1S/C21H30N4O3/c1-21(2,3)18(19(22)27)23-20(28)17-15-11-14(26)9-10-16(15)25(24-17)12-13-7-5-4-6-8-13/h9-11,13,18,26H,4-8,12H2,1-3H3,(H2,22,27)(H,23,28)/t18-/m1/s1. The summed E-state index contributed by atoms with van der Waals surface area (Å²) in [4.78, 5) is 24.8. The zero-order valence-corrected chi connectivity index (χ0v) is 16.9. The Labute approximate surface area is 165 Å². The highest BCUT2D eigenvalue weighted by Gasteiger charge is 2.32. The molecule has 1 fully saturated rings. The summed E-state index contributed by atoms with van der Waals surface area (Å²) in [6.07, 6.45) is 6.05. The van der Waals surface area contributed by atoms with E-state index in [-0.39, 0.29) is 11.4 Å². The summed E-state index contributed by atoms with van der Waals surface area (Å²) < 4.78 is 1.86. The van der Waals surface area contributed by atoms with Crippen molar-refractivity contribution in [2.75, 3.05) is 0 Å². The Hall–Kier alpha value is -2.57. The third kappa shape index (κ3) is 4.29. The van der Waals surface area contributed by atoms with Gasteiger partial charge in [-0.25, -0.2) is 0 Å². The number of carbonyl (C=O) groups excluding carboxylic acids is 2. The van der Waals surface area contributed by atoms with Gasteiger partial charge in [0.05, 0.1) is 5.52 Å². The first kappa shape index (κ1) is 20.2. The van der Waals surface area contributed by atoms with Crippen LogP contribution in [0.2, 0.25) is 0 Å². The molecular formula is C21H30N4O3. The maximum absolute atomic E-state index is 13.0. The first-order valence-corrected chi connectivity index (χ1v) is 9.96. The smallest absolute Gasteiger partial charge is 0.273 e. The number of primary amides is 1. The van der Waals surface area contributed by atoms with E-state index in [1.54, 1.807) is 18.2 Å². The molecule has 3 rings (SSSR count). The minimum atomic E-state index is -0.823. The van der Waals surface area contributed by atoms with Gasteiger partial charge < -0.3 is 16.2 Å². The lowest BCUT2D eigenvalue weighted by Crippen LogP contribution is -2.52. The van der Waals surface area contributed by atoms with E-state index in [1.807, 2.05) is 25.5 Å². The maximum Gasteiger partial charge on any atom is 0.273 e. The predicted molar refractivity (Wildman–Crippen MR) is 108 cm³/mol. The monoisotopic (exact) mass is 386 g/mol. The molecule has 4 N–H and O–H groups in total. The first-order chi connectivity index (χ1) is 13.2. The van der Waals surface area contributed by atoms with Crippen LogP contribution in [0.4, 0.5) is 0 Å². The van der Waals surface area contributed by atoms with Crippen LogP contribution in [-0.4, -0.2) is 32.7 Å². The fourth-order valence-corrected chi connectivity index (χ4v) is 4.00. The lowest BCUT2D eigenvalue weighted by molar-refractivity contribution is -0.122. The highest BCUT2D eigenvalue weighted by Crippen LogP contribution is 2.29. The van der Waals surface area contributed by atoms with Gasteiger partial charge in [-0.15, -0.1) is 0 Å². The van der Waals surface area contributed by atoms with E-state index in [9.17, 15) is 14.7 Å². The van der Waals surface area contributed by atoms with Gasteiger partial charge >= 0.3 is 0 Å². The number of hydrogen-bond acceptors (Lipinski definition) is 4. The molecular weight excluding hydrogens is 356 g/mol. The molecule has 1 aromatic heterocycles. The number of nitrogens with one attached hydrogen (secondary N) is 1. The molecule has 1 heterocycles. The number of aromatic hydroxyl groups is 1. The van der Waals surface area contributed by atoms with Gasteiger partial charge in [-0.1, -0.05) is 40.0 Å². The zero-order valence-electron chi connectivity index (χ0n) is 16.9. The van der Waals surface area contributed by atoms with Gasteiger partial charge in [-0.2, -0.15) is 5.10 Å². The molecule has 28 heavy (non-hydrogen) atoms. The topological polar surface area (TPSA) is 110 Å². The summed E-state index contributed by atoms with van der Waals surface area (Å²) >= 11 is 0.